The van der Waals surface area contributed by atoms with Gasteiger partial charge in [0.1, 0.15) is 0 Å². The SMILES string of the molecule is CCCCCc1nc[nH]c1CCCCC.c1ccc2ncccc2c1. The molecule has 3 rings (SSSR count). The molecule has 0 radical (unpaired) electrons. The summed E-state index contributed by atoms with van der Waals surface area (Å²) in [4.78, 5) is 11.9. The van der Waals surface area contributed by atoms with Gasteiger partial charge in [0.25, 0.3) is 0 Å². The molecule has 0 aliphatic rings. The fraction of sp³-hybridized carbons (Fsp3) is 0.455. The summed E-state index contributed by atoms with van der Waals surface area (Å²) in [6.45, 7) is 4.49. The summed E-state index contributed by atoms with van der Waals surface area (Å²) in [6, 6.07) is 12.1. The van der Waals surface area contributed by atoms with Crippen molar-refractivity contribution >= 4 is 10.9 Å². The number of hydrogen-bond acceptors (Lipinski definition) is 2. The number of H-pyrrole nitrogens is 1. The minimum atomic E-state index is 1.06. The molecule has 134 valence electrons. The lowest BCUT2D eigenvalue weighted by atomic mass is 10.1. The lowest BCUT2D eigenvalue weighted by Crippen LogP contribution is -1.94. The van der Waals surface area contributed by atoms with E-state index in [9.17, 15) is 0 Å². The van der Waals surface area contributed by atoms with Crippen LogP contribution in [0.25, 0.3) is 10.9 Å². The summed E-state index contributed by atoms with van der Waals surface area (Å²) in [5.74, 6) is 0. The van der Waals surface area contributed by atoms with Crippen LogP contribution in [0.2, 0.25) is 0 Å². The molecule has 0 saturated heterocycles. The van der Waals surface area contributed by atoms with Crippen LogP contribution >= 0.6 is 0 Å². The van der Waals surface area contributed by atoms with E-state index in [4.69, 9.17) is 0 Å². The van der Waals surface area contributed by atoms with Crippen LogP contribution in [0.3, 0.4) is 0 Å². The van der Waals surface area contributed by atoms with Crippen molar-refractivity contribution in [3.63, 3.8) is 0 Å². The van der Waals surface area contributed by atoms with Gasteiger partial charge in [0.15, 0.2) is 0 Å². The van der Waals surface area contributed by atoms with Crippen LogP contribution in [0.1, 0.15) is 63.8 Å². The van der Waals surface area contributed by atoms with Gasteiger partial charge in [-0.05, 0) is 37.8 Å². The summed E-state index contributed by atoms with van der Waals surface area (Å²) < 4.78 is 0. The maximum absolute atomic E-state index is 4.41. The van der Waals surface area contributed by atoms with Crippen molar-refractivity contribution in [2.24, 2.45) is 0 Å². The number of aromatic amines is 1. The van der Waals surface area contributed by atoms with Crippen LogP contribution in [0.5, 0.6) is 0 Å². The minimum Gasteiger partial charge on any atom is -0.348 e. The van der Waals surface area contributed by atoms with Crippen molar-refractivity contribution in [2.75, 3.05) is 0 Å². The largest absolute Gasteiger partial charge is 0.348 e. The van der Waals surface area contributed by atoms with Gasteiger partial charge in [0.2, 0.25) is 0 Å². The number of unbranched alkanes of at least 4 members (excludes halogenated alkanes) is 4. The van der Waals surface area contributed by atoms with Crippen molar-refractivity contribution in [3.8, 4) is 0 Å². The Morgan fingerprint density at radius 2 is 1.52 bits per heavy atom. The standard InChI is InChI=1S/C13H24N2.C9H7N/c1-3-5-7-9-12-13(15-11-14-12)10-8-6-4-2;1-2-6-9-8(4-1)5-3-7-10-9/h11H,3-10H2,1-2H3,(H,14,15);1-7H. The zero-order valence-electron chi connectivity index (χ0n) is 15.7. The van der Waals surface area contributed by atoms with Crippen LogP contribution in [-0.4, -0.2) is 15.0 Å². The molecule has 0 amide bonds. The number of imidazole rings is 1. The Kier molecular flexibility index (Phi) is 8.74. The Balaban J connectivity index is 0.000000194. The first-order valence-corrected chi connectivity index (χ1v) is 9.66. The number of para-hydroxylation sites is 1. The molecule has 3 aromatic rings. The zero-order valence-corrected chi connectivity index (χ0v) is 15.7. The topological polar surface area (TPSA) is 41.6 Å². The van der Waals surface area contributed by atoms with E-state index in [-0.39, 0.29) is 0 Å². The van der Waals surface area contributed by atoms with Crippen molar-refractivity contribution in [1.82, 2.24) is 15.0 Å². The Hall–Kier alpha value is -2.16. The van der Waals surface area contributed by atoms with E-state index in [0.29, 0.717) is 0 Å². The van der Waals surface area contributed by atoms with E-state index in [1.165, 1.54) is 61.7 Å². The molecule has 1 aromatic carbocycles. The normalized spacial score (nSPS) is 10.5. The number of hydrogen-bond donors (Lipinski definition) is 1. The van der Waals surface area contributed by atoms with Gasteiger partial charge in [-0.3, -0.25) is 4.98 Å². The molecule has 0 unspecified atom stereocenters. The van der Waals surface area contributed by atoms with Crippen molar-refractivity contribution < 1.29 is 0 Å². The first kappa shape index (κ1) is 19.2. The van der Waals surface area contributed by atoms with E-state index < -0.39 is 0 Å². The first-order valence-electron chi connectivity index (χ1n) is 9.66. The van der Waals surface area contributed by atoms with E-state index >= 15 is 0 Å². The maximum Gasteiger partial charge on any atom is 0.0925 e. The molecular weight excluding hydrogens is 306 g/mol. The van der Waals surface area contributed by atoms with Crippen LogP contribution in [0.15, 0.2) is 48.9 Å². The number of nitrogens with one attached hydrogen (secondary N) is 1. The molecule has 2 aromatic heterocycles. The Morgan fingerprint density at radius 1 is 0.800 bits per heavy atom. The third-order valence-electron chi connectivity index (χ3n) is 4.37. The molecule has 0 aliphatic heterocycles. The molecule has 0 atom stereocenters. The van der Waals surface area contributed by atoms with Crippen molar-refractivity contribution in [3.05, 3.63) is 60.3 Å². The Labute approximate surface area is 151 Å². The Morgan fingerprint density at radius 3 is 2.28 bits per heavy atom. The fourth-order valence-corrected chi connectivity index (χ4v) is 2.89. The highest BCUT2D eigenvalue weighted by atomic mass is 14.9. The average Bonchev–Trinajstić information content (AvgIpc) is 3.10. The summed E-state index contributed by atoms with van der Waals surface area (Å²) in [5.41, 5.74) is 3.74. The predicted octanol–water partition coefficient (Wildman–Crippen LogP) is 6.11. The van der Waals surface area contributed by atoms with Gasteiger partial charge in [-0.25, -0.2) is 4.98 Å². The predicted molar refractivity (Wildman–Crippen MR) is 107 cm³/mol. The first-order chi connectivity index (χ1) is 12.3. The molecule has 0 spiro atoms. The molecule has 3 heteroatoms. The maximum atomic E-state index is 4.41. The van der Waals surface area contributed by atoms with Crippen molar-refractivity contribution in [2.45, 2.75) is 65.2 Å². The van der Waals surface area contributed by atoms with Gasteiger partial charge >= 0.3 is 0 Å². The number of fused-ring (bicyclic) bond motifs is 1. The van der Waals surface area contributed by atoms with E-state index in [0.717, 1.165) is 11.9 Å². The smallest absolute Gasteiger partial charge is 0.0925 e. The minimum absolute atomic E-state index is 1.06. The zero-order chi connectivity index (χ0) is 17.7. The second-order valence-corrected chi connectivity index (χ2v) is 6.44. The summed E-state index contributed by atoms with van der Waals surface area (Å²) in [7, 11) is 0. The van der Waals surface area contributed by atoms with Crippen LogP contribution in [-0.2, 0) is 12.8 Å². The van der Waals surface area contributed by atoms with E-state index in [1.807, 2.05) is 36.8 Å². The Bertz CT molecular complexity index is 628. The third kappa shape index (κ3) is 6.69. The quantitative estimate of drug-likeness (QED) is 0.504. The van der Waals surface area contributed by atoms with E-state index in [2.05, 4.69) is 40.9 Å². The van der Waals surface area contributed by atoms with Gasteiger partial charge < -0.3 is 4.98 Å². The molecule has 1 N–H and O–H groups in total. The molecule has 0 fully saturated rings. The molecule has 0 bridgehead atoms. The van der Waals surface area contributed by atoms with E-state index in [1.54, 1.807) is 0 Å². The second kappa shape index (κ2) is 11.4. The van der Waals surface area contributed by atoms with Crippen LogP contribution in [0, 0.1) is 0 Å². The van der Waals surface area contributed by atoms with Gasteiger partial charge in [-0.15, -0.1) is 0 Å². The fourth-order valence-electron chi connectivity index (χ4n) is 2.89. The lowest BCUT2D eigenvalue weighted by molar-refractivity contribution is 0.683. The number of aryl methyl sites for hydroxylation is 2. The molecule has 0 aliphatic carbocycles. The highest BCUT2D eigenvalue weighted by Gasteiger charge is 2.04. The van der Waals surface area contributed by atoms with Crippen molar-refractivity contribution in [1.29, 1.82) is 0 Å². The molecule has 25 heavy (non-hydrogen) atoms. The van der Waals surface area contributed by atoms with Gasteiger partial charge in [-0.2, -0.15) is 0 Å². The summed E-state index contributed by atoms with van der Waals surface area (Å²) in [5, 5.41) is 1.20. The highest BCUT2D eigenvalue weighted by Crippen LogP contribution is 2.12. The number of nitrogens with zero attached hydrogens (tertiary/aromatic N) is 2. The van der Waals surface area contributed by atoms with Crippen LogP contribution < -0.4 is 0 Å². The molecule has 3 nitrogen and oxygen atoms in total. The number of benzene rings is 1. The second-order valence-electron chi connectivity index (χ2n) is 6.44. The monoisotopic (exact) mass is 337 g/mol. The molecule has 0 saturated carbocycles. The third-order valence-corrected chi connectivity index (χ3v) is 4.37. The van der Waals surface area contributed by atoms with Gasteiger partial charge in [0.05, 0.1) is 17.5 Å². The summed E-state index contributed by atoms with van der Waals surface area (Å²) >= 11 is 0. The summed E-state index contributed by atoms with van der Waals surface area (Å²) in [6.07, 6.45) is 13.8. The number of aromatic nitrogens is 3. The highest BCUT2D eigenvalue weighted by molar-refractivity contribution is 5.77. The van der Waals surface area contributed by atoms with Gasteiger partial charge in [0, 0.05) is 17.3 Å². The molecular formula is C22H31N3. The van der Waals surface area contributed by atoms with Gasteiger partial charge in [-0.1, -0.05) is 63.8 Å². The number of rotatable bonds is 8. The van der Waals surface area contributed by atoms with Crippen LogP contribution in [0.4, 0.5) is 0 Å². The molecule has 2 heterocycles. The average molecular weight is 338 g/mol. The lowest BCUT2D eigenvalue weighted by Gasteiger charge is -2.02. The number of pyridine rings is 1.